The predicted molar refractivity (Wildman–Crippen MR) is 138 cm³/mol. The van der Waals surface area contributed by atoms with Gasteiger partial charge in [-0.3, -0.25) is 28.2 Å². The summed E-state index contributed by atoms with van der Waals surface area (Å²) < 4.78 is 34.4. The Hall–Kier alpha value is -1.49. The van der Waals surface area contributed by atoms with E-state index in [1.807, 2.05) is 48.5 Å². The van der Waals surface area contributed by atoms with Crippen molar-refractivity contribution in [3.8, 4) is 0 Å². The molecule has 0 radical (unpaired) electrons. The lowest BCUT2D eigenvalue weighted by molar-refractivity contribution is -0.117. The van der Waals surface area contributed by atoms with Gasteiger partial charge in [0.1, 0.15) is 6.10 Å². The van der Waals surface area contributed by atoms with Crippen molar-refractivity contribution in [3.05, 3.63) is 44.8 Å². The molecule has 0 bridgehead atoms. The second-order valence-corrected chi connectivity index (χ2v) is 13.0. The lowest BCUT2D eigenvalue weighted by Gasteiger charge is -2.36. The molecule has 0 spiro atoms. The number of ether oxygens (including phenoxy) is 1. The van der Waals surface area contributed by atoms with E-state index in [0.717, 1.165) is 11.8 Å². The van der Waals surface area contributed by atoms with E-state index in [0.29, 0.717) is 11.3 Å². The van der Waals surface area contributed by atoms with Crippen molar-refractivity contribution in [1.82, 2.24) is 14.2 Å². The first-order valence-corrected chi connectivity index (χ1v) is 14.1. The van der Waals surface area contributed by atoms with Gasteiger partial charge in [-0.2, -0.15) is 0 Å². The van der Waals surface area contributed by atoms with Gasteiger partial charge in [-0.05, 0) is 40.7 Å². The number of hydrogen-bond acceptors (Lipinski definition) is 8. The van der Waals surface area contributed by atoms with Gasteiger partial charge in [-0.25, -0.2) is 14.0 Å². The first-order chi connectivity index (χ1) is 16.2. The van der Waals surface area contributed by atoms with E-state index in [1.165, 1.54) is 10.8 Å². The smallest absolute Gasteiger partial charge is 0.344 e. The van der Waals surface area contributed by atoms with Crippen LogP contribution in [0.15, 0.2) is 27.9 Å². The van der Waals surface area contributed by atoms with E-state index in [9.17, 15) is 18.9 Å². The molecule has 10 nitrogen and oxygen atoms in total. The van der Waals surface area contributed by atoms with Crippen LogP contribution >= 0.6 is 19.5 Å². The second kappa shape index (κ2) is 12.2. The summed E-state index contributed by atoms with van der Waals surface area (Å²) in [5, 5.41) is 0.0321. The zero-order valence-electron chi connectivity index (χ0n) is 21.8. The van der Waals surface area contributed by atoms with E-state index < -0.39 is 36.7 Å². The molecule has 1 aliphatic heterocycles. The lowest BCUT2D eigenvalue weighted by atomic mass is 10.00. The Morgan fingerprint density at radius 3 is 2.40 bits per heavy atom. The van der Waals surface area contributed by atoms with E-state index in [4.69, 9.17) is 13.8 Å². The third-order valence-corrected chi connectivity index (χ3v) is 8.87. The van der Waals surface area contributed by atoms with Gasteiger partial charge in [-0.1, -0.05) is 38.6 Å². The number of aryl methyl sites for hydroxylation is 1. The lowest BCUT2D eigenvalue weighted by Crippen LogP contribution is -2.36. The maximum absolute atomic E-state index is 13.9. The van der Waals surface area contributed by atoms with Crippen molar-refractivity contribution in [3.63, 3.8) is 0 Å². The molecule has 0 fully saturated rings. The van der Waals surface area contributed by atoms with Crippen LogP contribution in [0.1, 0.15) is 60.3 Å². The molecule has 0 amide bonds. The van der Waals surface area contributed by atoms with Crippen LogP contribution in [0.25, 0.3) is 0 Å². The third kappa shape index (κ3) is 8.00. The topological polar surface area (TPSA) is 120 Å². The van der Waals surface area contributed by atoms with E-state index >= 15 is 0 Å². The molecule has 2 heterocycles. The summed E-state index contributed by atoms with van der Waals surface area (Å²) in [5.41, 5.74) is -1.12. The number of thioether (sulfide) groups is 1. The number of carbonyl (C=O) groups excluding carboxylic acids is 1. The van der Waals surface area contributed by atoms with Crippen molar-refractivity contribution in [2.75, 3.05) is 19.0 Å². The van der Waals surface area contributed by atoms with E-state index in [2.05, 4.69) is 4.98 Å². The van der Waals surface area contributed by atoms with Gasteiger partial charge in [0.2, 0.25) is 0 Å². The average molecular weight is 532 g/mol. The van der Waals surface area contributed by atoms with Crippen LogP contribution in [0.4, 0.5) is 0 Å². The Morgan fingerprint density at radius 1 is 1.20 bits per heavy atom. The number of carbonyl (C=O) groups is 1. The van der Waals surface area contributed by atoms with Crippen LogP contribution < -0.4 is 11.2 Å². The minimum absolute atomic E-state index is 0.0321. The molecule has 3 atom stereocenters. The Kier molecular flexibility index (Phi) is 10.3. The molecule has 1 aromatic heterocycles. The largest absolute Gasteiger partial charge is 0.408 e. The molecule has 2 rings (SSSR count). The minimum Gasteiger partial charge on any atom is -0.344 e. The number of nitrogens with one attached hydrogen (secondary N) is 1. The highest BCUT2D eigenvalue weighted by atomic mass is 32.2. The summed E-state index contributed by atoms with van der Waals surface area (Å²) in [5.74, 6) is 0.351. The highest BCUT2D eigenvalue weighted by molar-refractivity contribution is 8.13. The Bertz CT molecular complexity index is 1070. The van der Waals surface area contributed by atoms with Gasteiger partial charge in [0, 0.05) is 35.0 Å². The fourth-order valence-electron chi connectivity index (χ4n) is 3.52. The van der Waals surface area contributed by atoms with Crippen LogP contribution in [-0.4, -0.2) is 56.5 Å². The molecule has 198 valence electrons. The van der Waals surface area contributed by atoms with Crippen LogP contribution in [0.5, 0.6) is 0 Å². The molecule has 35 heavy (non-hydrogen) atoms. The first-order valence-electron chi connectivity index (χ1n) is 11.7. The maximum Gasteiger partial charge on any atom is 0.408 e. The summed E-state index contributed by atoms with van der Waals surface area (Å²) in [6.45, 7) is 14.8. The highest BCUT2D eigenvalue weighted by Crippen LogP contribution is 2.54. The van der Waals surface area contributed by atoms with Gasteiger partial charge in [0.25, 0.3) is 5.56 Å². The molecule has 1 N–H and O–H groups in total. The van der Waals surface area contributed by atoms with E-state index in [-0.39, 0.29) is 30.4 Å². The number of H-pyrrole nitrogens is 1. The predicted octanol–water partition coefficient (Wildman–Crippen LogP) is 3.86. The summed E-state index contributed by atoms with van der Waals surface area (Å²) in [7, 11) is -3.73. The number of aromatic amines is 1. The van der Waals surface area contributed by atoms with Gasteiger partial charge >= 0.3 is 13.4 Å². The zero-order chi connectivity index (χ0) is 26.6. The summed E-state index contributed by atoms with van der Waals surface area (Å²) >= 11 is 1.14. The molecule has 1 aromatic rings. The molecule has 0 aliphatic carbocycles. The van der Waals surface area contributed by atoms with Crippen LogP contribution in [0, 0.1) is 12.3 Å². The SMILES string of the molecule is Cc1cn([C@H]2C=C[C@@H](COP(=O)(OCCSC(=O)C(C)(C)C)N(C(C)C)C(C)C)O2)c(=O)[nH]c1=O. The van der Waals surface area contributed by atoms with Crippen LogP contribution in [-0.2, 0) is 23.1 Å². The van der Waals surface area contributed by atoms with Crippen LogP contribution in [0.3, 0.4) is 0 Å². The van der Waals surface area contributed by atoms with Crippen molar-refractivity contribution in [2.45, 2.75) is 79.8 Å². The van der Waals surface area contributed by atoms with E-state index in [1.54, 1.807) is 23.7 Å². The van der Waals surface area contributed by atoms with Crippen molar-refractivity contribution >= 4 is 24.6 Å². The quantitative estimate of drug-likeness (QED) is 0.258. The van der Waals surface area contributed by atoms with Gasteiger partial charge in [0.15, 0.2) is 11.3 Å². The summed E-state index contributed by atoms with van der Waals surface area (Å²) in [4.78, 5) is 38.2. The summed E-state index contributed by atoms with van der Waals surface area (Å²) in [6.07, 6.45) is 3.53. The Morgan fingerprint density at radius 2 is 1.83 bits per heavy atom. The molecule has 0 saturated carbocycles. The molecule has 1 aliphatic rings. The number of nitrogens with zero attached hydrogens (tertiary/aromatic N) is 2. The van der Waals surface area contributed by atoms with Crippen LogP contribution in [0.2, 0.25) is 0 Å². The fourth-order valence-corrected chi connectivity index (χ4v) is 6.56. The van der Waals surface area contributed by atoms with Crippen molar-refractivity contribution in [1.29, 1.82) is 0 Å². The molecule has 12 heteroatoms. The van der Waals surface area contributed by atoms with Gasteiger partial charge < -0.3 is 4.74 Å². The molecule has 1 unspecified atom stereocenters. The number of rotatable bonds is 11. The minimum atomic E-state index is -3.73. The molecule has 0 saturated heterocycles. The molecule has 0 aromatic carbocycles. The second-order valence-electron chi connectivity index (χ2n) is 9.98. The fraction of sp³-hybridized carbons (Fsp3) is 0.696. The maximum atomic E-state index is 13.9. The van der Waals surface area contributed by atoms with Gasteiger partial charge in [-0.15, -0.1) is 0 Å². The Labute approximate surface area is 211 Å². The molecular formula is C23H38N3O7PS. The van der Waals surface area contributed by atoms with Gasteiger partial charge in [0.05, 0.1) is 13.2 Å². The zero-order valence-corrected chi connectivity index (χ0v) is 23.5. The van der Waals surface area contributed by atoms with Crippen molar-refractivity contribution < 1.29 is 23.1 Å². The average Bonchev–Trinajstić information content (AvgIpc) is 3.20. The third-order valence-electron chi connectivity index (χ3n) is 5.15. The standard InChI is InChI=1S/C23H38N3O7PS/c1-15(2)26(16(3)4)34(30,31-11-12-35-21(28)23(6,7)8)32-14-18-9-10-19(33-18)25-13-17(5)20(27)24-22(25)29/h9-10,13,15-16,18-19H,11-12,14H2,1-8H3,(H,24,27,29)/t18-,19+,34?/m0/s1. The summed E-state index contributed by atoms with van der Waals surface area (Å²) in [6, 6.07) is -0.250. The number of aromatic nitrogens is 2. The highest BCUT2D eigenvalue weighted by Gasteiger charge is 2.39. The first kappa shape index (κ1) is 29.7. The monoisotopic (exact) mass is 531 g/mol. The number of hydrogen-bond donors (Lipinski definition) is 1. The normalized spacial score (nSPS) is 20.2. The Balaban J connectivity index is 2.07. The van der Waals surface area contributed by atoms with Crippen molar-refractivity contribution in [2.24, 2.45) is 5.41 Å². The molecular weight excluding hydrogens is 493 g/mol.